The van der Waals surface area contributed by atoms with Crippen molar-refractivity contribution in [2.75, 3.05) is 14.2 Å². The lowest BCUT2D eigenvalue weighted by atomic mass is 10.1. The molecule has 0 aliphatic heterocycles. The largest absolute Gasteiger partial charge is 0.493 e. The molecule has 2 N–H and O–H groups in total. The van der Waals surface area contributed by atoms with Gasteiger partial charge in [-0.05, 0) is 29.8 Å². The number of benzene rings is 1. The summed E-state index contributed by atoms with van der Waals surface area (Å²) >= 11 is 0. The predicted molar refractivity (Wildman–Crippen MR) is 109 cm³/mol. The minimum atomic E-state index is -0.349. The minimum absolute atomic E-state index is 0.139. The van der Waals surface area contributed by atoms with Crippen molar-refractivity contribution >= 4 is 5.91 Å². The number of aryl methyl sites for hydroxylation is 1. The van der Waals surface area contributed by atoms with Crippen LogP contribution in [0.15, 0.2) is 47.4 Å². The van der Waals surface area contributed by atoms with Crippen molar-refractivity contribution in [2.45, 2.75) is 25.8 Å². The molecule has 0 aliphatic carbocycles. The van der Waals surface area contributed by atoms with Gasteiger partial charge in [0.25, 0.3) is 5.56 Å². The van der Waals surface area contributed by atoms with E-state index in [1.54, 1.807) is 26.5 Å². The topological polar surface area (TPSA) is 119 Å². The molecule has 1 amide bonds. The van der Waals surface area contributed by atoms with Gasteiger partial charge in [0.2, 0.25) is 5.91 Å². The molecule has 0 bridgehead atoms. The van der Waals surface area contributed by atoms with Gasteiger partial charge in [-0.2, -0.15) is 0 Å². The standard InChI is InChI=1S/C21H23N5O4/c1-29-17-8-6-14(11-18(17)30-2)12-19-24-21(28)16(25-26-19)7-9-20(27)23-13-15-5-3-4-10-22-15/h3-6,8,10-11H,7,9,12-13H2,1-2H3,(H,23,27)(H,24,26,28). The number of ether oxygens (including phenoxy) is 2. The lowest BCUT2D eigenvalue weighted by molar-refractivity contribution is -0.121. The number of amides is 1. The van der Waals surface area contributed by atoms with Gasteiger partial charge >= 0.3 is 0 Å². The SMILES string of the molecule is COc1ccc(Cc2nnc(CCC(=O)NCc3ccccn3)c(=O)[nH]2)cc1OC. The Morgan fingerprint density at radius 3 is 2.63 bits per heavy atom. The molecule has 1 aromatic carbocycles. The Kier molecular flexibility index (Phi) is 7.09. The first kappa shape index (κ1) is 21.0. The molecule has 0 saturated carbocycles. The molecule has 0 aliphatic rings. The third-order valence-electron chi connectivity index (χ3n) is 4.41. The molecule has 0 fully saturated rings. The predicted octanol–water partition coefficient (Wildman–Crippen LogP) is 1.42. The zero-order valence-electron chi connectivity index (χ0n) is 16.8. The van der Waals surface area contributed by atoms with Crippen LogP contribution in [0.2, 0.25) is 0 Å². The van der Waals surface area contributed by atoms with Crippen LogP contribution in [0.1, 0.15) is 29.2 Å². The lowest BCUT2D eigenvalue weighted by Crippen LogP contribution is -2.26. The van der Waals surface area contributed by atoms with Crippen molar-refractivity contribution in [3.8, 4) is 11.5 Å². The Morgan fingerprint density at radius 1 is 1.10 bits per heavy atom. The van der Waals surface area contributed by atoms with Gasteiger partial charge in [0.1, 0.15) is 11.5 Å². The average molecular weight is 409 g/mol. The smallest absolute Gasteiger partial charge is 0.272 e. The number of carbonyl (C=O) groups is 1. The highest BCUT2D eigenvalue weighted by atomic mass is 16.5. The molecule has 3 aromatic rings. The fourth-order valence-electron chi connectivity index (χ4n) is 2.83. The van der Waals surface area contributed by atoms with E-state index in [2.05, 4.69) is 25.5 Å². The van der Waals surface area contributed by atoms with E-state index < -0.39 is 0 Å². The van der Waals surface area contributed by atoms with Crippen LogP contribution in [0.4, 0.5) is 0 Å². The van der Waals surface area contributed by atoms with Crippen molar-refractivity contribution in [3.63, 3.8) is 0 Å². The lowest BCUT2D eigenvalue weighted by Gasteiger charge is -2.09. The van der Waals surface area contributed by atoms with E-state index in [0.717, 1.165) is 11.3 Å². The van der Waals surface area contributed by atoms with Crippen LogP contribution in [-0.4, -0.2) is 40.3 Å². The number of nitrogens with zero attached hydrogens (tertiary/aromatic N) is 3. The van der Waals surface area contributed by atoms with Gasteiger partial charge in [0.05, 0.1) is 26.5 Å². The van der Waals surface area contributed by atoms with Crippen molar-refractivity contribution < 1.29 is 14.3 Å². The first-order valence-electron chi connectivity index (χ1n) is 9.41. The molecule has 9 nitrogen and oxygen atoms in total. The Morgan fingerprint density at radius 2 is 1.93 bits per heavy atom. The molecule has 2 aromatic heterocycles. The molecule has 0 saturated heterocycles. The average Bonchev–Trinajstić information content (AvgIpc) is 2.77. The highest BCUT2D eigenvalue weighted by Gasteiger charge is 2.10. The molecule has 156 valence electrons. The quantitative estimate of drug-likeness (QED) is 0.548. The van der Waals surface area contributed by atoms with E-state index in [-0.39, 0.29) is 30.0 Å². The fourth-order valence-corrected chi connectivity index (χ4v) is 2.83. The number of carbonyl (C=O) groups excluding carboxylic acids is 1. The number of hydrogen-bond donors (Lipinski definition) is 2. The first-order chi connectivity index (χ1) is 14.6. The van der Waals surface area contributed by atoms with Gasteiger partial charge in [-0.15, -0.1) is 10.2 Å². The number of aromatic amines is 1. The van der Waals surface area contributed by atoms with Crippen molar-refractivity contribution in [1.29, 1.82) is 0 Å². The van der Waals surface area contributed by atoms with Crippen molar-refractivity contribution in [3.05, 3.63) is 75.7 Å². The second-order valence-corrected chi connectivity index (χ2v) is 6.51. The highest BCUT2D eigenvalue weighted by molar-refractivity contribution is 5.76. The van der Waals surface area contributed by atoms with Crippen LogP contribution in [0, 0.1) is 0 Å². The number of hydrogen-bond acceptors (Lipinski definition) is 7. The van der Waals surface area contributed by atoms with Crippen LogP contribution < -0.4 is 20.3 Å². The number of pyridine rings is 1. The molecule has 0 spiro atoms. The maximum absolute atomic E-state index is 12.3. The Balaban J connectivity index is 1.56. The maximum Gasteiger partial charge on any atom is 0.272 e. The maximum atomic E-state index is 12.3. The van der Waals surface area contributed by atoms with Gasteiger partial charge in [0.15, 0.2) is 11.5 Å². The summed E-state index contributed by atoms with van der Waals surface area (Å²) in [4.78, 5) is 31.2. The Labute approximate surface area is 173 Å². The number of rotatable bonds is 9. The molecule has 30 heavy (non-hydrogen) atoms. The van der Waals surface area contributed by atoms with Crippen molar-refractivity contribution in [2.24, 2.45) is 0 Å². The molecule has 0 radical (unpaired) electrons. The van der Waals surface area contributed by atoms with Gasteiger partial charge in [-0.3, -0.25) is 14.6 Å². The summed E-state index contributed by atoms with van der Waals surface area (Å²) in [6.07, 6.45) is 2.39. The minimum Gasteiger partial charge on any atom is -0.493 e. The van der Waals surface area contributed by atoms with Crippen LogP contribution in [0.5, 0.6) is 11.5 Å². The van der Waals surface area contributed by atoms with E-state index in [0.29, 0.717) is 30.3 Å². The number of aromatic nitrogens is 4. The second-order valence-electron chi connectivity index (χ2n) is 6.51. The summed E-state index contributed by atoms with van der Waals surface area (Å²) in [5.74, 6) is 1.46. The summed E-state index contributed by atoms with van der Waals surface area (Å²) in [7, 11) is 3.13. The molecular weight excluding hydrogens is 386 g/mol. The fraction of sp³-hybridized carbons (Fsp3) is 0.286. The van der Waals surface area contributed by atoms with Crippen LogP contribution >= 0.6 is 0 Å². The zero-order valence-corrected chi connectivity index (χ0v) is 16.8. The summed E-state index contributed by atoms with van der Waals surface area (Å²) < 4.78 is 10.5. The van der Waals surface area contributed by atoms with E-state index >= 15 is 0 Å². The highest BCUT2D eigenvalue weighted by Crippen LogP contribution is 2.28. The summed E-state index contributed by atoms with van der Waals surface area (Å²) in [6.45, 7) is 0.339. The number of nitrogens with one attached hydrogen (secondary N) is 2. The van der Waals surface area contributed by atoms with Crippen molar-refractivity contribution in [1.82, 2.24) is 25.5 Å². The van der Waals surface area contributed by atoms with Crippen LogP contribution in [-0.2, 0) is 24.2 Å². The van der Waals surface area contributed by atoms with E-state index in [4.69, 9.17) is 9.47 Å². The van der Waals surface area contributed by atoms with E-state index in [1.165, 1.54) is 0 Å². The molecular formula is C21H23N5O4. The second kappa shape index (κ2) is 10.1. The normalized spacial score (nSPS) is 10.5. The van der Waals surface area contributed by atoms with Crippen LogP contribution in [0.3, 0.4) is 0 Å². The van der Waals surface area contributed by atoms with E-state index in [1.807, 2.05) is 30.3 Å². The van der Waals surface area contributed by atoms with Gasteiger partial charge < -0.3 is 19.8 Å². The molecule has 0 unspecified atom stereocenters. The zero-order chi connectivity index (χ0) is 21.3. The van der Waals surface area contributed by atoms with Gasteiger partial charge in [-0.1, -0.05) is 12.1 Å². The molecule has 2 heterocycles. The Bertz CT molecular complexity index is 1050. The summed E-state index contributed by atoms with van der Waals surface area (Å²) in [5, 5.41) is 10.9. The monoisotopic (exact) mass is 409 g/mol. The molecule has 0 atom stereocenters. The van der Waals surface area contributed by atoms with Gasteiger partial charge in [-0.25, -0.2) is 0 Å². The van der Waals surface area contributed by atoms with E-state index in [9.17, 15) is 9.59 Å². The summed E-state index contributed by atoms with van der Waals surface area (Å²) in [5.41, 5.74) is 1.53. The number of methoxy groups -OCH3 is 2. The van der Waals surface area contributed by atoms with Crippen LogP contribution in [0.25, 0.3) is 0 Å². The molecule has 3 rings (SSSR count). The third-order valence-corrected chi connectivity index (χ3v) is 4.41. The number of H-pyrrole nitrogens is 1. The Hall–Kier alpha value is -3.75. The van der Waals surface area contributed by atoms with Gasteiger partial charge in [0, 0.05) is 25.5 Å². The third kappa shape index (κ3) is 5.63. The first-order valence-corrected chi connectivity index (χ1v) is 9.41. The summed E-state index contributed by atoms with van der Waals surface area (Å²) in [6, 6.07) is 11.0. The molecule has 9 heteroatoms.